The zero-order chi connectivity index (χ0) is 25.8. The first-order chi connectivity index (χ1) is 16.5. The fourth-order valence-corrected chi connectivity index (χ4v) is 5.59. The molecular formula is C25H31Cl2N3O4S. The topological polar surface area (TPSA) is 86.8 Å². The summed E-state index contributed by atoms with van der Waals surface area (Å²) in [5, 5.41) is 3.54. The van der Waals surface area contributed by atoms with Crippen molar-refractivity contribution in [2.45, 2.75) is 58.2 Å². The number of amides is 2. The van der Waals surface area contributed by atoms with Crippen molar-refractivity contribution in [3.8, 4) is 0 Å². The molecule has 1 fully saturated rings. The van der Waals surface area contributed by atoms with E-state index >= 15 is 0 Å². The van der Waals surface area contributed by atoms with E-state index in [1.165, 1.54) is 23.1 Å². The standard InChI is InChI=1S/C25H31Cl2N3O4S/c1-17-8-4-5-9-19(17)15-29(18(2)25(32)28-22-10-6-7-11-22)24(31)16-30(35(3,33)34)23-13-20(26)12-21(27)14-23/h4-5,8-9,12-14,18,22H,6-7,10-11,15-16H2,1-3H3,(H,28,32). The van der Waals surface area contributed by atoms with E-state index in [1.54, 1.807) is 6.92 Å². The molecule has 7 nitrogen and oxygen atoms in total. The summed E-state index contributed by atoms with van der Waals surface area (Å²) in [7, 11) is -3.86. The smallest absolute Gasteiger partial charge is 0.244 e. The van der Waals surface area contributed by atoms with Gasteiger partial charge in [0.15, 0.2) is 0 Å². The molecule has 2 amide bonds. The summed E-state index contributed by atoms with van der Waals surface area (Å²) in [5.41, 5.74) is 2.02. The largest absolute Gasteiger partial charge is 0.352 e. The maximum Gasteiger partial charge on any atom is 0.244 e. The highest BCUT2D eigenvalue weighted by molar-refractivity contribution is 7.92. The quantitative estimate of drug-likeness (QED) is 0.506. The van der Waals surface area contributed by atoms with Crippen LogP contribution in [0.25, 0.3) is 0 Å². The maximum atomic E-state index is 13.6. The molecule has 1 atom stereocenters. The number of rotatable bonds is 9. The van der Waals surface area contributed by atoms with Crippen molar-refractivity contribution in [2.75, 3.05) is 17.1 Å². The Kier molecular flexibility index (Phi) is 9.07. The Morgan fingerprint density at radius 1 is 1.09 bits per heavy atom. The Morgan fingerprint density at radius 2 is 1.69 bits per heavy atom. The Labute approximate surface area is 217 Å². The molecule has 2 aromatic rings. The fraction of sp³-hybridized carbons (Fsp3) is 0.440. The zero-order valence-corrected chi connectivity index (χ0v) is 22.5. The van der Waals surface area contributed by atoms with Crippen LogP contribution in [0.2, 0.25) is 10.0 Å². The van der Waals surface area contributed by atoms with Crippen LogP contribution in [-0.2, 0) is 26.2 Å². The first-order valence-electron chi connectivity index (χ1n) is 11.5. The summed E-state index contributed by atoms with van der Waals surface area (Å²) < 4.78 is 26.3. The maximum absolute atomic E-state index is 13.6. The molecule has 10 heteroatoms. The predicted octanol–water partition coefficient (Wildman–Crippen LogP) is 4.54. The molecule has 0 bridgehead atoms. The molecule has 2 aromatic carbocycles. The van der Waals surface area contributed by atoms with E-state index in [-0.39, 0.29) is 34.2 Å². The Balaban J connectivity index is 1.91. The number of carbonyl (C=O) groups excluding carboxylic acids is 2. The molecule has 1 aliphatic rings. The molecule has 190 valence electrons. The monoisotopic (exact) mass is 539 g/mol. The minimum atomic E-state index is -3.86. The second-order valence-electron chi connectivity index (χ2n) is 9.01. The lowest BCUT2D eigenvalue weighted by atomic mass is 10.1. The third-order valence-corrected chi connectivity index (χ3v) is 7.86. The number of nitrogens with one attached hydrogen (secondary N) is 1. The number of halogens is 2. The average Bonchev–Trinajstić information content (AvgIpc) is 3.27. The summed E-state index contributed by atoms with van der Waals surface area (Å²) in [6, 6.07) is 11.2. The number of sulfonamides is 1. The molecule has 1 unspecified atom stereocenters. The lowest BCUT2D eigenvalue weighted by molar-refractivity contribution is -0.139. The van der Waals surface area contributed by atoms with Gasteiger partial charge in [-0.05, 0) is 56.0 Å². The highest BCUT2D eigenvalue weighted by Crippen LogP contribution is 2.27. The number of nitrogens with zero attached hydrogens (tertiary/aromatic N) is 2. The van der Waals surface area contributed by atoms with Gasteiger partial charge in [0.25, 0.3) is 0 Å². The number of hydrogen-bond acceptors (Lipinski definition) is 4. The molecule has 3 rings (SSSR count). The third-order valence-electron chi connectivity index (χ3n) is 6.29. The van der Waals surface area contributed by atoms with Crippen molar-refractivity contribution in [3.05, 3.63) is 63.6 Å². The van der Waals surface area contributed by atoms with Crippen molar-refractivity contribution in [1.29, 1.82) is 0 Å². The van der Waals surface area contributed by atoms with E-state index in [0.29, 0.717) is 0 Å². The van der Waals surface area contributed by atoms with Gasteiger partial charge >= 0.3 is 0 Å². The van der Waals surface area contributed by atoms with Crippen LogP contribution in [0.5, 0.6) is 0 Å². The van der Waals surface area contributed by atoms with E-state index in [4.69, 9.17) is 23.2 Å². The van der Waals surface area contributed by atoms with Crippen molar-refractivity contribution >= 4 is 50.7 Å². The number of carbonyl (C=O) groups is 2. The lowest BCUT2D eigenvalue weighted by Gasteiger charge is -2.32. The van der Waals surface area contributed by atoms with E-state index in [0.717, 1.165) is 47.4 Å². The Bertz CT molecular complexity index is 1160. The van der Waals surface area contributed by atoms with Crippen molar-refractivity contribution < 1.29 is 18.0 Å². The van der Waals surface area contributed by atoms with Crippen LogP contribution >= 0.6 is 23.2 Å². The van der Waals surface area contributed by atoms with E-state index in [1.807, 2.05) is 31.2 Å². The first-order valence-corrected chi connectivity index (χ1v) is 14.1. The fourth-order valence-electron chi connectivity index (χ4n) is 4.24. The van der Waals surface area contributed by atoms with Crippen molar-refractivity contribution in [2.24, 2.45) is 0 Å². The molecule has 35 heavy (non-hydrogen) atoms. The SMILES string of the molecule is Cc1ccccc1CN(C(=O)CN(c1cc(Cl)cc(Cl)c1)S(C)(=O)=O)C(C)C(=O)NC1CCCC1. The number of anilines is 1. The Morgan fingerprint density at radius 3 is 2.26 bits per heavy atom. The summed E-state index contributed by atoms with van der Waals surface area (Å²) >= 11 is 12.2. The van der Waals surface area contributed by atoms with Gasteiger partial charge in [0.05, 0.1) is 11.9 Å². The molecule has 0 spiro atoms. The molecule has 0 radical (unpaired) electrons. The van der Waals surface area contributed by atoms with Crippen molar-refractivity contribution in [1.82, 2.24) is 10.2 Å². The van der Waals surface area contributed by atoms with Crippen LogP contribution in [0.15, 0.2) is 42.5 Å². The van der Waals surface area contributed by atoms with Gasteiger partial charge in [-0.25, -0.2) is 8.42 Å². The second kappa shape index (κ2) is 11.6. The summed E-state index contributed by atoms with van der Waals surface area (Å²) in [5.74, 6) is -0.764. The van der Waals surface area contributed by atoms with Gasteiger partial charge in [-0.15, -0.1) is 0 Å². The average molecular weight is 541 g/mol. The normalized spacial score (nSPS) is 15.0. The predicted molar refractivity (Wildman–Crippen MR) is 140 cm³/mol. The highest BCUT2D eigenvalue weighted by Gasteiger charge is 2.31. The van der Waals surface area contributed by atoms with Gasteiger partial charge in [-0.2, -0.15) is 0 Å². The highest BCUT2D eigenvalue weighted by atomic mass is 35.5. The van der Waals surface area contributed by atoms with Gasteiger partial charge < -0.3 is 10.2 Å². The molecule has 1 aliphatic carbocycles. The van der Waals surface area contributed by atoms with E-state index in [2.05, 4.69) is 5.32 Å². The second-order valence-corrected chi connectivity index (χ2v) is 11.8. The molecule has 0 aliphatic heterocycles. The molecule has 1 N–H and O–H groups in total. The van der Waals surface area contributed by atoms with Crippen LogP contribution in [0, 0.1) is 6.92 Å². The zero-order valence-electron chi connectivity index (χ0n) is 20.1. The number of benzene rings is 2. The molecule has 0 saturated heterocycles. The van der Waals surface area contributed by atoms with Gasteiger partial charge in [-0.1, -0.05) is 60.3 Å². The van der Waals surface area contributed by atoms with Crippen LogP contribution in [0.4, 0.5) is 5.69 Å². The lowest BCUT2D eigenvalue weighted by Crippen LogP contribution is -2.52. The molecule has 0 aromatic heterocycles. The van der Waals surface area contributed by atoms with E-state index in [9.17, 15) is 18.0 Å². The van der Waals surface area contributed by atoms with Crippen molar-refractivity contribution in [3.63, 3.8) is 0 Å². The minimum Gasteiger partial charge on any atom is -0.352 e. The van der Waals surface area contributed by atoms with Crippen LogP contribution in [0.3, 0.4) is 0 Å². The van der Waals surface area contributed by atoms with Gasteiger partial charge in [0, 0.05) is 22.6 Å². The van der Waals surface area contributed by atoms with Crippen LogP contribution in [-0.4, -0.2) is 50.0 Å². The van der Waals surface area contributed by atoms with Gasteiger partial charge in [0.2, 0.25) is 21.8 Å². The number of hydrogen-bond donors (Lipinski definition) is 1. The van der Waals surface area contributed by atoms with Gasteiger partial charge in [0.1, 0.15) is 12.6 Å². The summed E-state index contributed by atoms with van der Waals surface area (Å²) in [4.78, 5) is 28.1. The van der Waals surface area contributed by atoms with Crippen LogP contribution in [0.1, 0.15) is 43.7 Å². The molecule has 1 saturated carbocycles. The molecular weight excluding hydrogens is 509 g/mol. The first kappa shape index (κ1) is 27.3. The molecule has 0 heterocycles. The van der Waals surface area contributed by atoms with Gasteiger partial charge in [-0.3, -0.25) is 13.9 Å². The van der Waals surface area contributed by atoms with Crippen LogP contribution < -0.4 is 9.62 Å². The van der Waals surface area contributed by atoms with E-state index < -0.39 is 28.5 Å². The minimum absolute atomic E-state index is 0.0986. The summed E-state index contributed by atoms with van der Waals surface area (Å²) in [6.45, 7) is 3.26. The number of aryl methyl sites for hydroxylation is 1. The summed E-state index contributed by atoms with van der Waals surface area (Å²) in [6.07, 6.45) is 4.98. The Hall–Kier alpha value is -2.29. The third kappa shape index (κ3) is 7.35.